The Labute approximate surface area is 72.0 Å². The van der Waals surface area contributed by atoms with Gasteiger partial charge < -0.3 is 15.4 Å². The van der Waals surface area contributed by atoms with Gasteiger partial charge in [-0.15, -0.1) is 0 Å². The van der Waals surface area contributed by atoms with Crippen LogP contribution in [0.5, 0.6) is 0 Å². The number of amides is 1. The maximum Gasteiger partial charge on any atom is 0.409 e. The summed E-state index contributed by atoms with van der Waals surface area (Å²) in [6, 6.07) is 0. The van der Waals surface area contributed by atoms with Crippen molar-refractivity contribution < 1.29 is 9.53 Å². The van der Waals surface area contributed by atoms with E-state index in [1.165, 1.54) is 12.0 Å². The van der Waals surface area contributed by atoms with Gasteiger partial charge in [0.05, 0.1) is 13.7 Å². The smallest absolute Gasteiger partial charge is 0.409 e. The Hall–Kier alpha value is -1.26. The van der Waals surface area contributed by atoms with Crippen LogP contribution in [0.25, 0.3) is 0 Å². The summed E-state index contributed by atoms with van der Waals surface area (Å²) in [4.78, 5) is 12.4. The molecule has 0 heterocycles. The highest BCUT2D eigenvalue weighted by Crippen LogP contribution is 1.94. The molecule has 12 heavy (non-hydrogen) atoms. The first-order chi connectivity index (χ1) is 5.61. The third kappa shape index (κ3) is 3.80. The van der Waals surface area contributed by atoms with E-state index >= 15 is 0 Å². The lowest BCUT2D eigenvalue weighted by molar-refractivity contribution is 0.129. The van der Waals surface area contributed by atoms with Gasteiger partial charge in [0.25, 0.3) is 0 Å². The molecule has 5 nitrogen and oxygen atoms in total. The van der Waals surface area contributed by atoms with E-state index in [1.807, 2.05) is 6.92 Å². The highest BCUT2D eigenvalue weighted by atomic mass is 16.5. The van der Waals surface area contributed by atoms with Crippen molar-refractivity contribution in [1.82, 2.24) is 4.90 Å². The third-order valence-corrected chi connectivity index (χ3v) is 1.29. The van der Waals surface area contributed by atoms with E-state index in [0.29, 0.717) is 6.54 Å². The van der Waals surface area contributed by atoms with E-state index in [-0.39, 0.29) is 12.4 Å². The van der Waals surface area contributed by atoms with Gasteiger partial charge in [-0.25, -0.2) is 4.79 Å². The fourth-order valence-corrected chi connectivity index (χ4v) is 0.840. The minimum atomic E-state index is -0.438. The molecular weight excluding hydrogens is 158 g/mol. The molecule has 0 aliphatic carbocycles. The molecule has 0 unspecified atom stereocenters. The zero-order chi connectivity index (χ0) is 9.56. The molecule has 0 saturated carbocycles. The van der Waals surface area contributed by atoms with Crippen LogP contribution in [0.3, 0.4) is 0 Å². The zero-order valence-corrected chi connectivity index (χ0v) is 7.46. The van der Waals surface area contributed by atoms with Crippen molar-refractivity contribution in [2.24, 2.45) is 5.73 Å². The number of nitrogens with zero attached hydrogens (tertiary/aromatic N) is 1. The van der Waals surface area contributed by atoms with Crippen LogP contribution in [-0.4, -0.2) is 37.0 Å². The summed E-state index contributed by atoms with van der Waals surface area (Å²) in [6.45, 7) is 2.64. The first-order valence-electron chi connectivity index (χ1n) is 3.77. The monoisotopic (exact) mass is 173 g/mol. The maximum atomic E-state index is 11.0. The average Bonchev–Trinajstić information content (AvgIpc) is 2.01. The fraction of sp³-hybridized carbons (Fsp3) is 0.714. The van der Waals surface area contributed by atoms with Crippen LogP contribution in [0.1, 0.15) is 13.3 Å². The number of nitrogens with two attached hydrogens (primary N) is 1. The quantitative estimate of drug-likeness (QED) is 0.477. The molecule has 0 atom stereocenters. The Balaban J connectivity index is 4.02. The summed E-state index contributed by atoms with van der Waals surface area (Å²) in [5.41, 5.74) is 5.15. The second-order valence-corrected chi connectivity index (χ2v) is 2.42. The molecule has 70 valence electrons. The number of nitrogens with one attached hydrogen (secondary N) is 1. The fourth-order valence-electron chi connectivity index (χ4n) is 0.840. The average molecular weight is 173 g/mol. The molecule has 1 amide bonds. The Bertz CT molecular complexity index is 170. The molecule has 3 N–H and O–H groups in total. The molecule has 0 saturated heterocycles. The summed E-state index contributed by atoms with van der Waals surface area (Å²) in [7, 11) is 1.31. The Kier molecular flexibility index (Phi) is 4.83. The summed E-state index contributed by atoms with van der Waals surface area (Å²) in [5, 5.41) is 7.00. The van der Waals surface area contributed by atoms with E-state index in [2.05, 4.69) is 4.74 Å². The topological polar surface area (TPSA) is 79.4 Å². The Morgan fingerprint density at radius 3 is 2.58 bits per heavy atom. The number of carbonyl (C=O) groups excluding carboxylic acids is 1. The number of ether oxygens (including phenoxy) is 1. The number of rotatable bonds is 4. The molecule has 0 aromatic rings. The van der Waals surface area contributed by atoms with E-state index in [4.69, 9.17) is 11.1 Å². The molecule has 0 spiro atoms. The van der Waals surface area contributed by atoms with Gasteiger partial charge in [0.2, 0.25) is 0 Å². The lowest BCUT2D eigenvalue weighted by Gasteiger charge is -2.19. The Morgan fingerprint density at radius 1 is 1.67 bits per heavy atom. The van der Waals surface area contributed by atoms with Crippen molar-refractivity contribution in [3.8, 4) is 0 Å². The summed E-state index contributed by atoms with van der Waals surface area (Å²) in [6.07, 6.45) is 0.384. The molecule has 0 bridgehead atoms. The number of carbonyl (C=O) groups is 1. The number of hydrogen-bond acceptors (Lipinski definition) is 3. The highest BCUT2D eigenvalue weighted by molar-refractivity contribution is 5.82. The van der Waals surface area contributed by atoms with Gasteiger partial charge in [0, 0.05) is 6.54 Å². The van der Waals surface area contributed by atoms with E-state index in [0.717, 1.165) is 6.42 Å². The van der Waals surface area contributed by atoms with Crippen LogP contribution >= 0.6 is 0 Å². The minimum Gasteiger partial charge on any atom is -0.453 e. The molecule has 0 radical (unpaired) electrons. The molecule has 0 aromatic carbocycles. The van der Waals surface area contributed by atoms with Gasteiger partial charge in [-0.2, -0.15) is 0 Å². The van der Waals surface area contributed by atoms with Crippen LogP contribution in [0.15, 0.2) is 0 Å². The molecule has 5 heteroatoms. The minimum absolute atomic E-state index is 0.0335. The van der Waals surface area contributed by atoms with Crippen molar-refractivity contribution in [1.29, 1.82) is 5.41 Å². The van der Waals surface area contributed by atoms with E-state index < -0.39 is 6.09 Å². The summed E-state index contributed by atoms with van der Waals surface area (Å²) in [5.74, 6) is -0.0335. The van der Waals surface area contributed by atoms with Crippen molar-refractivity contribution in [2.75, 3.05) is 20.2 Å². The van der Waals surface area contributed by atoms with Crippen LogP contribution in [0.4, 0.5) is 4.79 Å². The molecule has 0 aliphatic rings. The van der Waals surface area contributed by atoms with Crippen molar-refractivity contribution in [3.05, 3.63) is 0 Å². The summed E-state index contributed by atoms with van der Waals surface area (Å²) < 4.78 is 4.50. The second kappa shape index (κ2) is 5.40. The molecule has 0 fully saturated rings. The van der Waals surface area contributed by atoms with Gasteiger partial charge in [-0.3, -0.25) is 5.41 Å². The van der Waals surface area contributed by atoms with Crippen molar-refractivity contribution in [2.45, 2.75) is 13.3 Å². The summed E-state index contributed by atoms with van der Waals surface area (Å²) >= 11 is 0. The standard InChI is InChI=1S/C7H15N3O2/c1-3-4-10(5-6(8)9)7(11)12-2/h3-5H2,1-2H3,(H3,8,9). The first kappa shape index (κ1) is 10.7. The number of hydrogen-bond donors (Lipinski definition) is 2. The SMILES string of the molecule is CCCN(CC(=N)N)C(=O)OC. The molecule has 0 aromatic heterocycles. The van der Waals surface area contributed by atoms with Gasteiger partial charge in [0.1, 0.15) is 5.84 Å². The normalized spacial score (nSPS) is 9.17. The largest absolute Gasteiger partial charge is 0.453 e. The van der Waals surface area contributed by atoms with Crippen LogP contribution in [0, 0.1) is 5.41 Å². The second-order valence-electron chi connectivity index (χ2n) is 2.42. The lowest BCUT2D eigenvalue weighted by Crippen LogP contribution is -2.38. The van der Waals surface area contributed by atoms with Crippen molar-refractivity contribution >= 4 is 11.9 Å². The van der Waals surface area contributed by atoms with E-state index in [9.17, 15) is 4.79 Å². The van der Waals surface area contributed by atoms with Crippen LogP contribution < -0.4 is 5.73 Å². The van der Waals surface area contributed by atoms with E-state index in [1.54, 1.807) is 0 Å². The van der Waals surface area contributed by atoms with Gasteiger partial charge >= 0.3 is 6.09 Å². The van der Waals surface area contributed by atoms with Crippen LogP contribution in [0.2, 0.25) is 0 Å². The molecule has 0 rings (SSSR count). The van der Waals surface area contributed by atoms with Gasteiger partial charge in [-0.05, 0) is 6.42 Å². The maximum absolute atomic E-state index is 11.0. The predicted molar refractivity (Wildman–Crippen MR) is 46.2 cm³/mol. The lowest BCUT2D eigenvalue weighted by atomic mass is 10.4. The van der Waals surface area contributed by atoms with Gasteiger partial charge in [0.15, 0.2) is 0 Å². The highest BCUT2D eigenvalue weighted by Gasteiger charge is 2.12. The van der Waals surface area contributed by atoms with Crippen molar-refractivity contribution in [3.63, 3.8) is 0 Å². The number of methoxy groups -OCH3 is 1. The predicted octanol–water partition coefficient (Wildman–Crippen LogP) is 0.401. The molecular formula is C7H15N3O2. The first-order valence-corrected chi connectivity index (χ1v) is 3.77. The third-order valence-electron chi connectivity index (χ3n) is 1.29. The van der Waals surface area contributed by atoms with Gasteiger partial charge in [-0.1, -0.05) is 6.92 Å². The zero-order valence-electron chi connectivity index (χ0n) is 7.46. The van der Waals surface area contributed by atoms with Crippen LogP contribution in [-0.2, 0) is 4.74 Å². The Morgan fingerprint density at radius 2 is 2.25 bits per heavy atom. The number of amidine groups is 1. The molecule has 0 aliphatic heterocycles.